The van der Waals surface area contributed by atoms with Crippen molar-refractivity contribution in [2.75, 3.05) is 0 Å². The predicted molar refractivity (Wildman–Crippen MR) is 59.0 cm³/mol. The van der Waals surface area contributed by atoms with Gasteiger partial charge in [-0.05, 0) is 56.8 Å². The van der Waals surface area contributed by atoms with Crippen LogP contribution in [0.25, 0.3) is 0 Å². The van der Waals surface area contributed by atoms with Gasteiger partial charge < -0.3 is 5.41 Å². The van der Waals surface area contributed by atoms with Crippen molar-refractivity contribution in [3.8, 4) is 0 Å². The molecule has 0 amide bonds. The summed E-state index contributed by atoms with van der Waals surface area (Å²) in [5.41, 5.74) is 0.916. The number of halogens is 1. The Hall–Kier alpha value is -0.0400. The number of nitrogens with one attached hydrogen (secondary N) is 1. The minimum atomic E-state index is 0.141. The second-order valence-corrected chi connectivity index (χ2v) is 6.63. The van der Waals surface area contributed by atoms with Gasteiger partial charge in [-0.25, -0.2) is 0 Å². The van der Waals surface area contributed by atoms with E-state index in [2.05, 4.69) is 0 Å². The first-order chi connectivity index (χ1) is 6.57. The van der Waals surface area contributed by atoms with Crippen LogP contribution in [-0.4, -0.2) is 10.6 Å². The Morgan fingerprint density at radius 1 is 1.21 bits per heavy atom. The highest BCUT2D eigenvalue weighted by Gasteiger charge is 2.54. The topological polar surface area (TPSA) is 23.9 Å². The van der Waals surface area contributed by atoms with Crippen molar-refractivity contribution in [1.29, 1.82) is 5.41 Å². The molecule has 78 valence electrons. The van der Waals surface area contributed by atoms with Gasteiger partial charge in [0, 0.05) is 16.5 Å². The fourth-order valence-electron chi connectivity index (χ4n) is 4.63. The molecule has 0 aromatic carbocycles. The maximum absolute atomic E-state index is 7.89. The van der Waals surface area contributed by atoms with E-state index in [4.69, 9.17) is 17.0 Å². The lowest BCUT2D eigenvalue weighted by molar-refractivity contribution is 0.00521. The molecule has 0 aliphatic heterocycles. The average Bonchev–Trinajstić information content (AvgIpc) is 1.97. The van der Waals surface area contributed by atoms with Gasteiger partial charge in [-0.2, -0.15) is 0 Å². The molecular formula is C12H18ClN. The molecule has 1 N–H and O–H groups in total. The van der Waals surface area contributed by atoms with Gasteiger partial charge in [-0.3, -0.25) is 0 Å². The molecule has 1 nitrogen and oxygen atoms in total. The molecule has 14 heavy (non-hydrogen) atoms. The Kier molecular flexibility index (Phi) is 1.81. The first kappa shape index (κ1) is 9.21. The lowest BCUT2D eigenvalue weighted by Gasteiger charge is -2.57. The van der Waals surface area contributed by atoms with E-state index in [1.807, 2.05) is 6.92 Å². The summed E-state index contributed by atoms with van der Waals surface area (Å²) in [6.45, 7) is 1.99. The lowest BCUT2D eigenvalue weighted by Crippen LogP contribution is -2.53. The fourth-order valence-corrected chi connectivity index (χ4v) is 5.25. The predicted octanol–water partition coefficient (Wildman–Crippen LogP) is 3.46. The maximum atomic E-state index is 7.89. The number of hydrogen-bond acceptors (Lipinski definition) is 1. The summed E-state index contributed by atoms with van der Waals surface area (Å²) in [6.07, 6.45) is 6.33. The zero-order valence-corrected chi connectivity index (χ0v) is 9.48. The summed E-state index contributed by atoms with van der Waals surface area (Å²) < 4.78 is 0. The van der Waals surface area contributed by atoms with E-state index in [0.29, 0.717) is 5.92 Å². The van der Waals surface area contributed by atoms with Crippen LogP contribution in [0.1, 0.15) is 39.0 Å². The Morgan fingerprint density at radius 3 is 2.21 bits per heavy atom. The van der Waals surface area contributed by atoms with E-state index in [1.54, 1.807) is 0 Å². The highest BCUT2D eigenvalue weighted by Crippen LogP contribution is 2.60. The van der Waals surface area contributed by atoms with Crippen molar-refractivity contribution in [2.45, 2.75) is 43.9 Å². The maximum Gasteiger partial charge on any atom is 0.0455 e. The molecule has 4 aliphatic carbocycles. The molecule has 4 bridgehead atoms. The summed E-state index contributed by atoms with van der Waals surface area (Å²) in [7, 11) is 0. The summed E-state index contributed by atoms with van der Waals surface area (Å²) in [5.74, 6) is 2.96. The van der Waals surface area contributed by atoms with Gasteiger partial charge in [0.25, 0.3) is 0 Å². The van der Waals surface area contributed by atoms with Gasteiger partial charge in [-0.15, -0.1) is 11.6 Å². The number of rotatable bonds is 1. The highest BCUT2D eigenvalue weighted by atomic mass is 35.5. The zero-order valence-electron chi connectivity index (χ0n) is 8.72. The molecule has 2 atom stereocenters. The summed E-state index contributed by atoms with van der Waals surface area (Å²) >= 11 is 6.63. The van der Waals surface area contributed by atoms with Gasteiger partial charge in [0.05, 0.1) is 0 Å². The Morgan fingerprint density at radius 2 is 1.79 bits per heavy atom. The third kappa shape index (κ3) is 1.18. The molecule has 0 aromatic heterocycles. The van der Waals surface area contributed by atoms with Gasteiger partial charge in [0.2, 0.25) is 0 Å². The minimum absolute atomic E-state index is 0.141. The van der Waals surface area contributed by atoms with E-state index in [0.717, 1.165) is 23.5 Å². The van der Waals surface area contributed by atoms with Crippen LogP contribution in [0.15, 0.2) is 0 Å². The van der Waals surface area contributed by atoms with E-state index >= 15 is 0 Å². The molecule has 4 fully saturated rings. The van der Waals surface area contributed by atoms with E-state index in [9.17, 15) is 0 Å². The zero-order chi connectivity index (χ0) is 9.92. The van der Waals surface area contributed by atoms with Crippen molar-refractivity contribution >= 4 is 17.3 Å². The highest BCUT2D eigenvalue weighted by molar-refractivity contribution is 6.24. The van der Waals surface area contributed by atoms with Crippen LogP contribution in [0.2, 0.25) is 0 Å². The van der Waals surface area contributed by atoms with Crippen LogP contribution in [0.5, 0.6) is 0 Å². The molecule has 4 rings (SSSR count). The van der Waals surface area contributed by atoms with Crippen LogP contribution < -0.4 is 0 Å². The van der Waals surface area contributed by atoms with Crippen molar-refractivity contribution in [1.82, 2.24) is 0 Å². The average molecular weight is 212 g/mol. The monoisotopic (exact) mass is 211 g/mol. The van der Waals surface area contributed by atoms with E-state index in [-0.39, 0.29) is 4.87 Å². The minimum Gasteiger partial charge on any atom is -0.310 e. The Bertz CT molecular complexity index is 270. The largest absolute Gasteiger partial charge is 0.310 e. The smallest absolute Gasteiger partial charge is 0.0455 e. The van der Waals surface area contributed by atoms with Gasteiger partial charge >= 0.3 is 0 Å². The van der Waals surface area contributed by atoms with Crippen LogP contribution in [0, 0.1) is 29.1 Å². The molecule has 0 radical (unpaired) electrons. The number of hydrogen-bond donors (Lipinski definition) is 1. The Labute approximate surface area is 90.7 Å². The molecule has 0 aromatic rings. The molecule has 2 heteroatoms. The first-order valence-corrected chi connectivity index (χ1v) is 6.19. The molecule has 0 saturated heterocycles. The standard InChI is InChI=1S/C12H18ClN/c1-7(14)11-9-2-8-3-10(11)6-12(13,4-8)5-9/h8-11,14H,2-6H2,1H3. The van der Waals surface area contributed by atoms with Crippen molar-refractivity contribution < 1.29 is 0 Å². The third-order valence-electron chi connectivity index (χ3n) is 4.70. The van der Waals surface area contributed by atoms with Crippen LogP contribution in [0.4, 0.5) is 0 Å². The van der Waals surface area contributed by atoms with E-state index < -0.39 is 0 Å². The Balaban J connectivity index is 1.93. The molecule has 0 heterocycles. The third-order valence-corrected chi connectivity index (χ3v) is 5.16. The molecular weight excluding hydrogens is 194 g/mol. The molecule has 4 saturated carbocycles. The summed E-state index contributed by atoms with van der Waals surface area (Å²) in [4.78, 5) is 0.141. The lowest BCUT2D eigenvalue weighted by atomic mass is 9.51. The summed E-state index contributed by atoms with van der Waals surface area (Å²) in [5, 5.41) is 7.89. The van der Waals surface area contributed by atoms with Crippen molar-refractivity contribution in [2.24, 2.45) is 23.7 Å². The second kappa shape index (κ2) is 2.75. The van der Waals surface area contributed by atoms with E-state index in [1.165, 1.54) is 32.1 Å². The fraction of sp³-hybridized carbons (Fsp3) is 0.917. The molecule has 2 unspecified atom stereocenters. The van der Waals surface area contributed by atoms with Crippen LogP contribution >= 0.6 is 11.6 Å². The SMILES string of the molecule is CC(=N)C1C2CC3CC1CC(Cl)(C3)C2. The first-order valence-electron chi connectivity index (χ1n) is 5.81. The summed E-state index contributed by atoms with van der Waals surface area (Å²) in [6, 6.07) is 0. The van der Waals surface area contributed by atoms with Gasteiger partial charge in [0.15, 0.2) is 0 Å². The molecule has 4 aliphatic rings. The van der Waals surface area contributed by atoms with Crippen molar-refractivity contribution in [3.05, 3.63) is 0 Å². The quantitative estimate of drug-likeness (QED) is 0.508. The van der Waals surface area contributed by atoms with Crippen LogP contribution in [-0.2, 0) is 0 Å². The normalized spacial score (nSPS) is 55.0. The number of alkyl halides is 1. The van der Waals surface area contributed by atoms with Gasteiger partial charge in [-0.1, -0.05) is 0 Å². The second-order valence-electron chi connectivity index (χ2n) is 5.83. The van der Waals surface area contributed by atoms with Crippen molar-refractivity contribution in [3.63, 3.8) is 0 Å². The van der Waals surface area contributed by atoms with Gasteiger partial charge in [0.1, 0.15) is 0 Å². The molecule has 0 spiro atoms. The van der Waals surface area contributed by atoms with Crippen LogP contribution in [0.3, 0.4) is 0 Å².